The van der Waals surface area contributed by atoms with E-state index in [0.717, 1.165) is 22.3 Å². The van der Waals surface area contributed by atoms with Crippen molar-refractivity contribution in [3.05, 3.63) is 131 Å². The fraction of sp³-hybridized carbons (Fsp3) is 0.107. The molecule has 35 heavy (non-hydrogen) atoms. The normalized spacial score (nSPS) is 14.6. The monoisotopic (exact) mass is 464 g/mol. The van der Waals surface area contributed by atoms with Gasteiger partial charge in [-0.15, -0.1) is 0 Å². The van der Waals surface area contributed by atoms with Crippen LogP contribution in [0.25, 0.3) is 0 Å². The molecule has 1 saturated heterocycles. The van der Waals surface area contributed by atoms with Crippen molar-refractivity contribution in [3.8, 4) is 0 Å². The molecule has 0 aliphatic carbocycles. The summed E-state index contributed by atoms with van der Waals surface area (Å²) in [5.74, 6) is -0.454. The Bertz CT molecular complexity index is 1310. The molecule has 0 bridgehead atoms. The zero-order chi connectivity index (χ0) is 24.3. The number of rotatable bonds is 7. The van der Waals surface area contributed by atoms with Gasteiger partial charge < -0.3 is 15.1 Å². The molecule has 0 spiro atoms. The van der Waals surface area contributed by atoms with Crippen LogP contribution in [0.3, 0.4) is 0 Å². The van der Waals surface area contributed by atoms with E-state index >= 15 is 0 Å². The molecule has 5 rings (SSSR count). The molecule has 3 aromatic carbocycles. The third-order valence-electron chi connectivity index (χ3n) is 6.12. The second kappa shape index (κ2) is 9.30. The van der Waals surface area contributed by atoms with Gasteiger partial charge in [-0.3, -0.25) is 19.9 Å². The van der Waals surface area contributed by atoms with Crippen LogP contribution < -0.4 is 10.6 Å². The van der Waals surface area contributed by atoms with E-state index in [1.54, 1.807) is 36.8 Å². The van der Waals surface area contributed by atoms with Crippen molar-refractivity contribution in [1.82, 2.24) is 15.5 Å². The van der Waals surface area contributed by atoms with E-state index in [9.17, 15) is 9.59 Å². The molecule has 1 aliphatic rings. The number of hydrogen-bond donors (Lipinski definition) is 3. The van der Waals surface area contributed by atoms with Crippen LogP contribution in [0.4, 0.5) is 0 Å². The van der Waals surface area contributed by atoms with Crippen LogP contribution in [0.1, 0.15) is 32.6 Å². The van der Waals surface area contributed by atoms with Crippen LogP contribution in [0, 0.1) is 5.41 Å². The van der Waals surface area contributed by atoms with Crippen molar-refractivity contribution in [2.45, 2.75) is 18.6 Å². The smallest absolute Gasteiger partial charge is 0.264 e. The molecule has 7 nitrogen and oxygen atoms in total. The molecule has 1 aliphatic heterocycles. The third kappa shape index (κ3) is 4.19. The first-order valence-electron chi connectivity index (χ1n) is 11.3. The van der Waals surface area contributed by atoms with Gasteiger partial charge in [0.15, 0.2) is 11.5 Å². The van der Waals surface area contributed by atoms with Crippen LogP contribution in [0.2, 0.25) is 0 Å². The SMILES string of the molecule is N=C1NC(c2ccccc2)(c2ccccc2)C(=O)N1Cc1cccc(C(=O)NCc2ccoc2)c1. The average Bonchev–Trinajstić information content (AvgIpc) is 3.51. The highest BCUT2D eigenvalue weighted by molar-refractivity contribution is 6.10. The summed E-state index contributed by atoms with van der Waals surface area (Å²) in [6, 6.07) is 27.8. The van der Waals surface area contributed by atoms with Crippen molar-refractivity contribution in [2.75, 3.05) is 0 Å². The topological polar surface area (TPSA) is 98.4 Å². The van der Waals surface area contributed by atoms with Gasteiger partial charge in [0.2, 0.25) is 0 Å². The number of benzene rings is 3. The summed E-state index contributed by atoms with van der Waals surface area (Å²) < 4.78 is 5.03. The quantitative estimate of drug-likeness (QED) is 0.385. The highest BCUT2D eigenvalue weighted by atomic mass is 16.3. The summed E-state index contributed by atoms with van der Waals surface area (Å²) in [4.78, 5) is 28.0. The summed E-state index contributed by atoms with van der Waals surface area (Å²) in [5.41, 5.74) is 2.42. The molecule has 0 unspecified atom stereocenters. The van der Waals surface area contributed by atoms with Gasteiger partial charge in [-0.25, -0.2) is 0 Å². The minimum absolute atomic E-state index is 0.0116. The van der Waals surface area contributed by atoms with Crippen molar-refractivity contribution < 1.29 is 14.0 Å². The van der Waals surface area contributed by atoms with Gasteiger partial charge in [-0.05, 0) is 34.9 Å². The second-order valence-electron chi connectivity index (χ2n) is 8.36. The largest absolute Gasteiger partial charge is 0.472 e. The Kier molecular flexibility index (Phi) is 5.89. The molecule has 174 valence electrons. The number of amides is 2. The second-order valence-corrected chi connectivity index (χ2v) is 8.36. The van der Waals surface area contributed by atoms with Crippen molar-refractivity contribution in [3.63, 3.8) is 0 Å². The Morgan fingerprint density at radius 3 is 2.23 bits per heavy atom. The first kappa shape index (κ1) is 22.2. The van der Waals surface area contributed by atoms with E-state index in [1.165, 1.54) is 4.90 Å². The van der Waals surface area contributed by atoms with E-state index in [0.29, 0.717) is 12.1 Å². The standard InChI is InChI=1S/C28H24N4O3/c29-27-31-28(23-10-3-1-4-11-23,24-12-5-2-6-13-24)26(34)32(27)18-20-8-7-9-22(16-20)25(33)30-17-21-14-15-35-19-21/h1-16,19H,17-18H2,(H2,29,31)(H,30,33). The van der Waals surface area contributed by atoms with Crippen LogP contribution in [0.15, 0.2) is 108 Å². The molecule has 4 aromatic rings. The predicted molar refractivity (Wildman–Crippen MR) is 131 cm³/mol. The van der Waals surface area contributed by atoms with Crippen molar-refractivity contribution in [2.24, 2.45) is 0 Å². The van der Waals surface area contributed by atoms with E-state index < -0.39 is 5.54 Å². The lowest BCUT2D eigenvalue weighted by Gasteiger charge is -2.28. The van der Waals surface area contributed by atoms with Crippen LogP contribution in [-0.4, -0.2) is 22.7 Å². The van der Waals surface area contributed by atoms with Crippen molar-refractivity contribution >= 4 is 17.8 Å². The van der Waals surface area contributed by atoms with Gasteiger partial charge in [0.05, 0.1) is 19.1 Å². The number of furan rings is 1. The fourth-order valence-electron chi connectivity index (χ4n) is 4.36. The molecule has 7 heteroatoms. The maximum atomic E-state index is 13.9. The third-order valence-corrected chi connectivity index (χ3v) is 6.12. The highest BCUT2D eigenvalue weighted by Crippen LogP contribution is 2.36. The average molecular weight is 465 g/mol. The Balaban J connectivity index is 1.40. The lowest BCUT2D eigenvalue weighted by atomic mass is 9.82. The summed E-state index contributed by atoms with van der Waals surface area (Å²) in [5, 5.41) is 14.7. The van der Waals surface area contributed by atoms with Gasteiger partial charge in [0.25, 0.3) is 11.8 Å². The molecule has 2 amide bonds. The molecule has 2 heterocycles. The first-order valence-corrected chi connectivity index (χ1v) is 11.3. The summed E-state index contributed by atoms with van der Waals surface area (Å²) >= 11 is 0. The van der Waals surface area contributed by atoms with Crippen LogP contribution >= 0.6 is 0 Å². The number of nitrogens with zero attached hydrogens (tertiary/aromatic N) is 1. The van der Waals surface area contributed by atoms with Crippen molar-refractivity contribution in [1.29, 1.82) is 5.41 Å². The minimum atomic E-state index is -1.20. The summed E-state index contributed by atoms with van der Waals surface area (Å²) in [7, 11) is 0. The summed E-state index contributed by atoms with van der Waals surface area (Å²) in [6.07, 6.45) is 3.14. The van der Waals surface area contributed by atoms with E-state index in [4.69, 9.17) is 9.83 Å². The van der Waals surface area contributed by atoms with Crippen LogP contribution in [-0.2, 0) is 23.4 Å². The maximum absolute atomic E-state index is 13.9. The number of guanidine groups is 1. The molecular formula is C28H24N4O3. The van der Waals surface area contributed by atoms with E-state index in [-0.39, 0.29) is 24.3 Å². The number of hydrogen-bond acceptors (Lipinski definition) is 4. The van der Waals surface area contributed by atoms with Gasteiger partial charge in [0, 0.05) is 17.7 Å². The van der Waals surface area contributed by atoms with Crippen LogP contribution in [0.5, 0.6) is 0 Å². The minimum Gasteiger partial charge on any atom is -0.472 e. The molecule has 1 aromatic heterocycles. The Morgan fingerprint density at radius 1 is 0.914 bits per heavy atom. The van der Waals surface area contributed by atoms with Gasteiger partial charge in [-0.2, -0.15) is 0 Å². The zero-order valence-electron chi connectivity index (χ0n) is 18.9. The number of carbonyl (C=O) groups excluding carboxylic acids is 2. The Morgan fingerprint density at radius 2 is 1.60 bits per heavy atom. The number of carbonyl (C=O) groups is 2. The molecule has 0 radical (unpaired) electrons. The van der Waals surface area contributed by atoms with E-state index in [1.807, 2.05) is 66.7 Å². The predicted octanol–water partition coefficient (Wildman–Crippen LogP) is 4.02. The molecule has 3 N–H and O–H groups in total. The highest BCUT2D eigenvalue weighted by Gasteiger charge is 2.52. The van der Waals surface area contributed by atoms with E-state index in [2.05, 4.69) is 10.6 Å². The lowest BCUT2D eigenvalue weighted by molar-refractivity contribution is -0.130. The number of nitrogens with one attached hydrogen (secondary N) is 3. The first-order chi connectivity index (χ1) is 17.1. The Hall–Kier alpha value is -4.65. The van der Waals surface area contributed by atoms with Gasteiger partial charge >= 0.3 is 0 Å². The van der Waals surface area contributed by atoms with Gasteiger partial charge in [0.1, 0.15) is 0 Å². The molecule has 0 atom stereocenters. The maximum Gasteiger partial charge on any atom is 0.264 e. The van der Waals surface area contributed by atoms with Gasteiger partial charge in [-0.1, -0.05) is 72.8 Å². The summed E-state index contributed by atoms with van der Waals surface area (Å²) in [6.45, 7) is 0.518. The zero-order valence-corrected chi connectivity index (χ0v) is 18.9. The molecular weight excluding hydrogens is 440 g/mol. The lowest BCUT2D eigenvalue weighted by Crippen LogP contribution is -2.45. The molecule has 0 saturated carbocycles. The molecule has 1 fully saturated rings. The fourth-order valence-corrected chi connectivity index (χ4v) is 4.36. The Labute approximate surface area is 202 Å².